The Morgan fingerprint density at radius 1 is 1.21 bits per heavy atom. The van der Waals surface area contributed by atoms with E-state index in [1.165, 1.54) is 12.1 Å². The molecule has 2 aromatic carbocycles. The average molecular weight is 467 g/mol. The highest BCUT2D eigenvalue weighted by molar-refractivity contribution is 6.05. The minimum absolute atomic E-state index is 0.00280. The third-order valence-corrected chi connectivity index (χ3v) is 6.62. The standard InChI is InChI=1S/C25H31FN6O2/c1-16(17-4-6-18(26)7-5-17)10-11-28-24(33)22-15-32(13-12-31(22)3)19-8-9-20-21(14-19)29-30-23(20)25(34)27-2/h4-9,14,16,22H,10-13,15H2,1-3H3,(H,27,34)(H,28,33)(H,29,30). The molecule has 3 N–H and O–H groups in total. The van der Waals surface area contributed by atoms with E-state index in [2.05, 4.69) is 37.6 Å². The maximum absolute atomic E-state index is 13.1. The number of aromatic nitrogens is 2. The smallest absolute Gasteiger partial charge is 0.272 e. The van der Waals surface area contributed by atoms with E-state index in [9.17, 15) is 14.0 Å². The molecule has 4 rings (SSSR count). The SMILES string of the molecule is CNC(=O)c1n[nH]c2cc(N3CCN(C)C(C(=O)NCCC(C)c4ccc(F)cc4)C3)ccc12. The molecule has 2 unspecified atom stereocenters. The molecular formula is C25H31FN6O2. The Bertz CT molecular complexity index is 1160. The van der Waals surface area contributed by atoms with Crippen molar-refractivity contribution in [3.8, 4) is 0 Å². The van der Waals surface area contributed by atoms with Crippen LogP contribution in [0.25, 0.3) is 10.9 Å². The van der Waals surface area contributed by atoms with Crippen LogP contribution in [0.2, 0.25) is 0 Å². The minimum Gasteiger partial charge on any atom is -0.368 e. The number of nitrogens with one attached hydrogen (secondary N) is 3. The van der Waals surface area contributed by atoms with E-state index < -0.39 is 0 Å². The Morgan fingerprint density at radius 3 is 2.71 bits per heavy atom. The van der Waals surface area contributed by atoms with Gasteiger partial charge in [0.15, 0.2) is 5.69 Å². The van der Waals surface area contributed by atoms with Crippen LogP contribution in [-0.4, -0.2) is 73.2 Å². The molecular weight excluding hydrogens is 435 g/mol. The third kappa shape index (κ3) is 5.04. The lowest BCUT2D eigenvalue weighted by Crippen LogP contribution is -2.57. The lowest BCUT2D eigenvalue weighted by molar-refractivity contribution is -0.126. The number of anilines is 1. The summed E-state index contributed by atoms with van der Waals surface area (Å²) in [5.74, 6) is -0.248. The molecule has 180 valence electrons. The van der Waals surface area contributed by atoms with E-state index in [0.717, 1.165) is 41.7 Å². The van der Waals surface area contributed by atoms with Crippen molar-refractivity contribution in [3.63, 3.8) is 0 Å². The number of hydrogen-bond donors (Lipinski definition) is 3. The van der Waals surface area contributed by atoms with E-state index in [0.29, 0.717) is 18.8 Å². The van der Waals surface area contributed by atoms with Crippen LogP contribution in [0.5, 0.6) is 0 Å². The van der Waals surface area contributed by atoms with Crippen LogP contribution >= 0.6 is 0 Å². The Kier molecular flexibility index (Phi) is 7.12. The molecule has 1 aliphatic rings. The summed E-state index contributed by atoms with van der Waals surface area (Å²) >= 11 is 0. The summed E-state index contributed by atoms with van der Waals surface area (Å²) in [4.78, 5) is 29.2. The molecule has 0 aliphatic carbocycles. The molecule has 1 saturated heterocycles. The predicted molar refractivity (Wildman–Crippen MR) is 131 cm³/mol. The number of piperazine rings is 1. The molecule has 9 heteroatoms. The number of carbonyl (C=O) groups is 2. The maximum atomic E-state index is 13.1. The highest BCUT2D eigenvalue weighted by Crippen LogP contribution is 2.25. The maximum Gasteiger partial charge on any atom is 0.272 e. The quantitative estimate of drug-likeness (QED) is 0.498. The second-order valence-electron chi connectivity index (χ2n) is 8.86. The number of halogens is 1. The van der Waals surface area contributed by atoms with Gasteiger partial charge in [-0.15, -0.1) is 0 Å². The lowest BCUT2D eigenvalue weighted by Gasteiger charge is -2.39. The zero-order chi connectivity index (χ0) is 24.2. The molecule has 1 aromatic heterocycles. The van der Waals surface area contributed by atoms with Crippen LogP contribution in [-0.2, 0) is 4.79 Å². The summed E-state index contributed by atoms with van der Waals surface area (Å²) in [6.07, 6.45) is 0.779. The van der Waals surface area contributed by atoms with Gasteiger partial charge in [0.1, 0.15) is 11.9 Å². The van der Waals surface area contributed by atoms with Crippen LogP contribution in [0.4, 0.5) is 10.1 Å². The first-order valence-electron chi connectivity index (χ1n) is 11.6. The number of likely N-dealkylation sites (N-methyl/N-ethyl adjacent to an activating group) is 1. The van der Waals surface area contributed by atoms with E-state index >= 15 is 0 Å². The number of amides is 2. The van der Waals surface area contributed by atoms with Crippen LogP contribution in [0.15, 0.2) is 42.5 Å². The Labute approximate surface area is 198 Å². The molecule has 2 heterocycles. The number of benzene rings is 2. The second kappa shape index (κ2) is 10.2. The number of hydrogen-bond acceptors (Lipinski definition) is 5. The van der Waals surface area contributed by atoms with Crippen LogP contribution < -0.4 is 15.5 Å². The molecule has 3 aromatic rings. The number of fused-ring (bicyclic) bond motifs is 1. The first kappa shape index (κ1) is 23.7. The number of H-pyrrole nitrogens is 1. The topological polar surface area (TPSA) is 93.4 Å². The molecule has 2 amide bonds. The number of rotatable bonds is 7. The largest absolute Gasteiger partial charge is 0.368 e. The number of carbonyl (C=O) groups excluding carboxylic acids is 2. The first-order valence-corrected chi connectivity index (χ1v) is 11.6. The molecule has 0 bridgehead atoms. The number of aromatic amines is 1. The second-order valence-corrected chi connectivity index (χ2v) is 8.86. The van der Waals surface area contributed by atoms with Crippen molar-refractivity contribution in [2.75, 3.05) is 45.2 Å². The van der Waals surface area contributed by atoms with Gasteiger partial charge < -0.3 is 15.5 Å². The molecule has 1 fully saturated rings. The van der Waals surface area contributed by atoms with Crippen LogP contribution in [0.1, 0.15) is 35.3 Å². The fourth-order valence-corrected chi connectivity index (χ4v) is 4.37. The van der Waals surface area contributed by atoms with Crippen molar-refractivity contribution in [3.05, 3.63) is 59.5 Å². The van der Waals surface area contributed by atoms with E-state index in [4.69, 9.17) is 0 Å². The minimum atomic E-state index is -0.270. The molecule has 1 aliphatic heterocycles. The molecule has 8 nitrogen and oxygen atoms in total. The molecule has 0 radical (unpaired) electrons. The summed E-state index contributed by atoms with van der Waals surface area (Å²) in [7, 11) is 3.55. The van der Waals surface area contributed by atoms with Gasteiger partial charge in [-0.1, -0.05) is 19.1 Å². The number of nitrogens with zero attached hydrogens (tertiary/aromatic N) is 3. The highest BCUT2D eigenvalue weighted by atomic mass is 19.1. The molecule has 2 atom stereocenters. The van der Waals surface area contributed by atoms with Crippen molar-refractivity contribution in [1.29, 1.82) is 0 Å². The predicted octanol–water partition coefficient (Wildman–Crippen LogP) is 2.49. The van der Waals surface area contributed by atoms with Gasteiger partial charge >= 0.3 is 0 Å². The van der Waals surface area contributed by atoms with Gasteiger partial charge in [0.2, 0.25) is 5.91 Å². The highest BCUT2D eigenvalue weighted by Gasteiger charge is 2.30. The molecule has 34 heavy (non-hydrogen) atoms. The van der Waals surface area contributed by atoms with Gasteiger partial charge in [-0.3, -0.25) is 19.6 Å². The van der Waals surface area contributed by atoms with Crippen molar-refractivity contribution >= 4 is 28.4 Å². The summed E-state index contributed by atoms with van der Waals surface area (Å²) in [5, 5.41) is 13.5. The van der Waals surface area contributed by atoms with Gasteiger partial charge in [0.05, 0.1) is 5.52 Å². The zero-order valence-electron chi connectivity index (χ0n) is 19.8. The Morgan fingerprint density at radius 2 is 1.97 bits per heavy atom. The Hall–Kier alpha value is -3.46. The van der Waals surface area contributed by atoms with Crippen molar-refractivity contribution in [2.45, 2.75) is 25.3 Å². The fourth-order valence-electron chi connectivity index (χ4n) is 4.37. The van der Waals surface area contributed by atoms with Crippen LogP contribution in [0.3, 0.4) is 0 Å². The van der Waals surface area contributed by atoms with E-state index in [1.54, 1.807) is 19.2 Å². The first-order chi connectivity index (χ1) is 16.4. The van der Waals surface area contributed by atoms with Gasteiger partial charge in [0, 0.05) is 44.3 Å². The lowest BCUT2D eigenvalue weighted by atomic mass is 9.98. The zero-order valence-corrected chi connectivity index (χ0v) is 19.8. The third-order valence-electron chi connectivity index (χ3n) is 6.62. The van der Waals surface area contributed by atoms with Crippen molar-refractivity contribution in [2.24, 2.45) is 0 Å². The van der Waals surface area contributed by atoms with Gasteiger partial charge in [0.25, 0.3) is 5.91 Å². The Balaban J connectivity index is 1.37. The summed E-state index contributed by atoms with van der Waals surface area (Å²) < 4.78 is 13.1. The fraction of sp³-hybridized carbons (Fsp3) is 0.400. The summed E-state index contributed by atoms with van der Waals surface area (Å²) in [6, 6.07) is 12.1. The van der Waals surface area contributed by atoms with E-state index in [-0.39, 0.29) is 29.6 Å². The molecule has 0 saturated carbocycles. The monoisotopic (exact) mass is 466 g/mol. The van der Waals surface area contributed by atoms with Crippen molar-refractivity contribution in [1.82, 2.24) is 25.7 Å². The van der Waals surface area contributed by atoms with Crippen molar-refractivity contribution < 1.29 is 14.0 Å². The van der Waals surface area contributed by atoms with Gasteiger partial charge in [-0.05, 0) is 55.3 Å². The average Bonchev–Trinajstić information content (AvgIpc) is 3.27. The van der Waals surface area contributed by atoms with Gasteiger partial charge in [-0.25, -0.2) is 4.39 Å². The normalized spacial score (nSPS) is 17.5. The van der Waals surface area contributed by atoms with Crippen LogP contribution in [0, 0.1) is 5.82 Å². The molecule has 0 spiro atoms. The summed E-state index contributed by atoms with van der Waals surface area (Å²) in [6.45, 7) is 4.76. The summed E-state index contributed by atoms with van der Waals surface area (Å²) in [5.41, 5.74) is 3.20. The van der Waals surface area contributed by atoms with E-state index in [1.807, 2.05) is 25.2 Å². The van der Waals surface area contributed by atoms with Gasteiger partial charge in [-0.2, -0.15) is 5.10 Å².